The number of aliphatic hydroxyl groups excluding tert-OH is 1. The van der Waals surface area contributed by atoms with Crippen molar-refractivity contribution in [3.63, 3.8) is 0 Å². The maximum Gasteiger partial charge on any atom is 0.267 e. The van der Waals surface area contributed by atoms with Gasteiger partial charge < -0.3 is 5.11 Å². The van der Waals surface area contributed by atoms with Crippen LogP contribution in [-0.2, 0) is 6.61 Å². The third kappa shape index (κ3) is 2.23. The quantitative estimate of drug-likeness (QED) is 0.793. The molecule has 3 aromatic rings. The number of hydrogen-bond donors (Lipinski definition) is 1. The molecule has 0 radical (unpaired) electrons. The van der Waals surface area contributed by atoms with Crippen molar-refractivity contribution in [2.45, 2.75) is 26.5 Å². The standard InChI is InChI=1S/C15H16N4O2/c1-10(2)19-14(21)7-6-11(17-19)15-12(9-20)16-18-8-4-3-5-13(15)18/h3-8,10,20H,9H2,1-2H3. The maximum atomic E-state index is 11.8. The van der Waals surface area contributed by atoms with Crippen LogP contribution in [0.25, 0.3) is 16.8 Å². The number of aromatic nitrogens is 4. The highest BCUT2D eigenvalue weighted by atomic mass is 16.3. The summed E-state index contributed by atoms with van der Waals surface area (Å²) >= 11 is 0. The van der Waals surface area contributed by atoms with Crippen LogP contribution in [-0.4, -0.2) is 24.5 Å². The molecule has 0 aliphatic rings. The first-order valence-electron chi connectivity index (χ1n) is 6.79. The van der Waals surface area contributed by atoms with Gasteiger partial charge in [-0.3, -0.25) is 4.79 Å². The fourth-order valence-electron chi connectivity index (χ4n) is 2.37. The van der Waals surface area contributed by atoms with Gasteiger partial charge in [0.1, 0.15) is 0 Å². The van der Waals surface area contributed by atoms with Crippen molar-refractivity contribution in [3.05, 3.63) is 52.6 Å². The number of pyridine rings is 1. The fourth-order valence-corrected chi connectivity index (χ4v) is 2.37. The van der Waals surface area contributed by atoms with E-state index in [-0.39, 0.29) is 18.2 Å². The summed E-state index contributed by atoms with van der Waals surface area (Å²) in [5.74, 6) is 0. The monoisotopic (exact) mass is 284 g/mol. The van der Waals surface area contributed by atoms with Gasteiger partial charge in [-0.25, -0.2) is 9.20 Å². The van der Waals surface area contributed by atoms with E-state index in [4.69, 9.17) is 0 Å². The Morgan fingerprint density at radius 3 is 2.71 bits per heavy atom. The van der Waals surface area contributed by atoms with E-state index in [1.807, 2.05) is 38.2 Å². The molecule has 0 spiro atoms. The molecule has 6 nitrogen and oxygen atoms in total. The van der Waals surface area contributed by atoms with Crippen LogP contribution in [0.4, 0.5) is 0 Å². The first-order chi connectivity index (χ1) is 10.1. The molecule has 0 atom stereocenters. The second kappa shape index (κ2) is 5.14. The first kappa shape index (κ1) is 13.5. The van der Waals surface area contributed by atoms with E-state index in [2.05, 4.69) is 10.2 Å². The predicted octanol–water partition coefficient (Wildman–Crippen LogP) is 1.63. The van der Waals surface area contributed by atoms with E-state index in [0.29, 0.717) is 11.4 Å². The van der Waals surface area contributed by atoms with E-state index in [1.165, 1.54) is 10.7 Å². The Labute approximate surface area is 121 Å². The van der Waals surface area contributed by atoms with Crippen LogP contribution in [0.2, 0.25) is 0 Å². The molecule has 0 amide bonds. The lowest BCUT2D eigenvalue weighted by molar-refractivity contribution is 0.276. The van der Waals surface area contributed by atoms with Crippen molar-refractivity contribution in [3.8, 4) is 11.3 Å². The number of fused-ring (bicyclic) bond motifs is 1. The highest BCUT2D eigenvalue weighted by molar-refractivity contribution is 5.80. The summed E-state index contributed by atoms with van der Waals surface area (Å²) in [7, 11) is 0. The van der Waals surface area contributed by atoms with Crippen molar-refractivity contribution < 1.29 is 5.11 Å². The molecule has 108 valence electrons. The molecule has 0 saturated carbocycles. The van der Waals surface area contributed by atoms with Crippen LogP contribution in [0.15, 0.2) is 41.3 Å². The summed E-state index contributed by atoms with van der Waals surface area (Å²) in [6, 6.07) is 8.82. The Balaban J connectivity index is 2.29. The van der Waals surface area contributed by atoms with Crippen LogP contribution in [0.1, 0.15) is 25.6 Å². The first-order valence-corrected chi connectivity index (χ1v) is 6.79. The highest BCUT2D eigenvalue weighted by Gasteiger charge is 2.16. The van der Waals surface area contributed by atoms with E-state index in [1.54, 1.807) is 10.6 Å². The van der Waals surface area contributed by atoms with Gasteiger partial charge >= 0.3 is 0 Å². The molecule has 0 fully saturated rings. The third-order valence-electron chi connectivity index (χ3n) is 3.33. The van der Waals surface area contributed by atoms with E-state index < -0.39 is 0 Å². The number of rotatable bonds is 3. The molecular formula is C15H16N4O2. The molecule has 0 aliphatic heterocycles. The second-order valence-electron chi connectivity index (χ2n) is 5.11. The molecule has 0 saturated heterocycles. The Morgan fingerprint density at radius 2 is 2.00 bits per heavy atom. The maximum absolute atomic E-state index is 11.8. The molecule has 0 bridgehead atoms. The summed E-state index contributed by atoms with van der Waals surface area (Å²) in [6.07, 6.45) is 1.82. The van der Waals surface area contributed by atoms with Crippen LogP contribution in [0, 0.1) is 0 Å². The summed E-state index contributed by atoms with van der Waals surface area (Å²) < 4.78 is 3.14. The lowest BCUT2D eigenvalue weighted by Crippen LogP contribution is -2.24. The van der Waals surface area contributed by atoms with Gasteiger partial charge in [-0.2, -0.15) is 10.2 Å². The summed E-state index contributed by atoms with van der Waals surface area (Å²) in [5, 5.41) is 18.3. The molecule has 21 heavy (non-hydrogen) atoms. The highest BCUT2D eigenvalue weighted by Crippen LogP contribution is 2.26. The molecule has 0 aromatic carbocycles. The average molecular weight is 284 g/mol. The van der Waals surface area contributed by atoms with Gasteiger partial charge in [0, 0.05) is 12.3 Å². The third-order valence-corrected chi connectivity index (χ3v) is 3.33. The summed E-state index contributed by atoms with van der Waals surface area (Å²) in [6.45, 7) is 3.63. The zero-order chi connectivity index (χ0) is 15.0. The Morgan fingerprint density at radius 1 is 1.19 bits per heavy atom. The summed E-state index contributed by atoms with van der Waals surface area (Å²) in [4.78, 5) is 11.8. The minimum absolute atomic E-state index is 0.0307. The molecular weight excluding hydrogens is 268 g/mol. The fraction of sp³-hybridized carbons (Fsp3) is 0.267. The van der Waals surface area contributed by atoms with E-state index in [9.17, 15) is 9.90 Å². The average Bonchev–Trinajstić information content (AvgIpc) is 2.86. The Hall–Kier alpha value is -2.47. The molecule has 6 heteroatoms. The van der Waals surface area contributed by atoms with Crippen LogP contribution >= 0.6 is 0 Å². The second-order valence-corrected chi connectivity index (χ2v) is 5.11. The van der Waals surface area contributed by atoms with Crippen LogP contribution in [0.5, 0.6) is 0 Å². The Kier molecular flexibility index (Phi) is 3.31. The predicted molar refractivity (Wildman–Crippen MR) is 79.0 cm³/mol. The molecule has 0 aliphatic carbocycles. The van der Waals surface area contributed by atoms with Crippen molar-refractivity contribution in [1.82, 2.24) is 19.4 Å². The minimum Gasteiger partial charge on any atom is -0.390 e. The Bertz CT molecular complexity index is 848. The number of nitrogens with zero attached hydrogens (tertiary/aromatic N) is 4. The number of hydrogen-bond acceptors (Lipinski definition) is 4. The van der Waals surface area contributed by atoms with Crippen molar-refractivity contribution in [2.24, 2.45) is 0 Å². The SMILES string of the molecule is CC(C)n1nc(-c2c(CO)nn3ccccc23)ccc1=O. The molecule has 3 heterocycles. The molecule has 0 unspecified atom stereocenters. The van der Waals surface area contributed by atoms with Crippen molar-refractivity contribution >= 4 is 5.52 Å². The lowest BCUT2D eigenvalue weighted by Gasteiger charge is -2.10. The van der Waals surface area contributed by atoms with Crippen LogP contribution < -0.4 is 5.56 Å². The lowest BCUT2D eigenvalue weighted by atomic mass is 10.1. The molecule has 1 N–H and O–H groups in total. The normalized spacial score (nSPS) is 11.4. The largest absolute Gasteiger partial charge is 0.390 e. The zero-order valence-electron chi connectivity index (χ0n) is 11.9. The van der Waals surface area contributed by atoms with Gasteiger partial charge in [-0.1, -0.05) is 6.07 Å². The zero-order valence-corrected chi connectivity index (χ0v) is 11.9. The van der Waals surface area contributed by atoms with Crippen molar-refractivity contribution in [1.29, 1.82) is 0 Å². The van der Waals surface area contributed by atoms with Crippen LogP contribution in [0.3, 0.4) is 0 Å². The van der Waals surface area contributed by atoms with E-state index in [0.717, 1.165) is 11.1 Å². The van der Waals surface area contributed by atoms with Gasteiger partial charge in [-0.05, 0) is 32.0 Å². The summed E-state index contributed by atoms with van der Waals surface area (Å²) in [5.41, 5.74) is 2.64. The van der Waals surface area contributed by atoms with Gasteiger partial charge in [-0.15, -0.1) is 0 Å². The smallest absolute Gasteiger partial charge is 0.267 e. The van der Waals surface area contributed by atoms with E-state index >= 15 is 0 Å². The van der Waals surface area contributed by atoms with Gasteiger partial charge in [0.05, 0.1) is 35.1 Å². The number of aliphatic hydroxyl groups is 1. The van der Waals surface area contributed by atoms with Gasteiger partial charge in [0.2, 0.25) is 0 Å². The van der Waals surface area contributed by atoms with Gasteiger partial charge in [0.25, 0.3) is 5.56 Å². The van der Waals surface area contributed by atoms with Gasteiger partial charge in [0.15, 0.2) is 0 Å². The van der Waals surface area contributed by atoms with Crippen molar-refractivity contribution in [2.75, 3.05) is 0 Å². The molecule has 3 aromatic heterocycles. The minimum atomic E-state index is -0.181. The topological polar surface area (TPSA) is 72.4 Å². The molecule has 3 rings (SSSR count).